The monoisotopic (exact) mass is 566 g/mol. The zero-order chi connectivity index (χ0) is 28.3. The van der Waals surface area contributed by atoms with Crippen LogP contribution in [0.5, 0.6) is 5.75 Å². The van der Waals surface area contributed by atoms with Crippen LogP contribution in [0.15, 0.2) is 65.6 Å². The highest BCUT2D eigenvalue weighted by molar-refractivity contribution is 7.92. The van der Waals surface area contributed by atoms with Crippen LogP contribution in [0.4, 0.5) is 5.69 Å². The molecule has 0 aliphatic carbocycles. The molecule has 3 aromatic rings. The van der Waals surface area contributed by atoms with E-state index in [0.717, 1.165) is 31.7 Å². The Kier molecular flexibility index (Phi) is 8.48. The predicted molar refractivity (Wildman–Crippen MR) is 154 cm³/mol. The number of nitrogens with zero attached hydrogens (tertiary/aromatic N) is 4. The third-order valence-corrected chi connectivity index (χ3v) is 9.83. The zero-order valence-electron chi connectivity index (χ0n) is 23.5. The van der Waals surface area contributed by atoms with Crippen LogP contribution in [0, 0.1) is 13.8 Å². The van der Waals surface area contributed by atoms with Gasteiger partial charge in [-0.25, -0.2) is 8.42 Å². The molecule has 1 unspecified atom stereocenters. The van der Waals surface area contributed by atoms with Gasteiger partial charge in [-0.05, 0) is 68.3 Å². The van der Waals surface area contributed by atoms with Crippen LogP contribution >= 0.6 is 0 Å². The van der Waals surface area contributed by atoms with Gasteiger partial charge in [0.25, 0.3) is 10.0 Å². The summed E-state index contributed by atoms with van der Waals surface area (Å²) in [6, 6.07) is 17.7. The normalized spacial score (nSPS) is 17.7. The van der Waals surface area contributed by atoms with E-state index in [1.165, 1.54) is 15.7 Å². The molecule has 9 nitrogen and oxygen atoms in total. The first kappa shape index (κ1) is 28.2. The van der Waals surface area contributed by atoms with E-state index < -0.39 is 16.1 Å². The van der Waals surface area contributed by atoms with Crippen molar-refractivity contribution in [2.75, 3.05) is 57.4 Å². The first-order chi connectivity index (χ1) is 19.3. The molecule has 1 amide bonds. The second kappa shape index (κ2) is 12.0. The molecule has 0 radical (unpaired) electrons. The van der Waals surface area contributed by atoms with Crippen LogP contribution in [-0.4, -0.2) is 87.8 Å². The Labute approximate surface area is 236 Å². The van der Waals surface area contributed by atoms with E-state index in [1.54, 1.807) is 31.4 Å². The van der Waals surface area contributed by atoms with Crippen molar-refractivity contribution < 1.29 is 22.7 Å². The molecule has 0 spiro atoms. The highest BCUT2D eigenvalue weighted by Gasteiger charge is 2.38. The molecule has 5 rings (SSSR count). The number of ether oxygens (including phenoxy) is 2. The number of sulfonamides is 1. The molecular formula is C30H38N4O5S. The van der Waals surface area contributed by atoms with Crippen molar-refractivity contribution in [3.8, 4) is 5.75 Å². The highest BCUT2D eigenvalue weighted by Crippen LogP contribution is 2.37. The lowest BCUT2D eigenvalue weighted by molar-refractivity contribution is -0.138. The fraction of sp³-hybridized carbons (Fsp3) is 0.433. The quantitative estimate of drug-likeness (QED) is 0.375. The van der Waals surface area contributed by atoms with E-state index in [2.05, 4.69) is 35.4 Å². The van der Waals surface area contributed by atoms with E-state index in [-0.39, 0.29) is 24.0 Å². The summed E-state index contributed by atoms with van der Waals surface area (Å²) in [5.41, 5.74) is 4.13. The maximum absolute atomic E-state index is 13.7. The molecular weight excluding hydrogens is 528 g/mol. The maximum Gasteiger partial charge on any atom is 0.264 e. The number of anilines is 1. The van der Waals surface area contributed by atoms with Crippen molar-refractivity contribution in [1.82, 2.24) is 14.4 Å². The number of hydrogen-bond donors (Lipinski definition) is 0. The lowest BCUT2D eigenvalue weighted by Crippen LogP contribution is -2.50. The van der Waals surface area contributed by atoms with Crippen LogP contribution in [0.1, 0.15) is 17.0 Å². The molecule has 0 saturated carbocycles. The first-order valence-electron chi connectivity index (χ1n) is 13.7. The van der Waals surface area contributed by atoms with Gasteiger partial charge in [0.05, 0.1) is 30.3 Å². The molecule has 10 heteroatoms. The first-order valence-corrected chi connectivity index (χ1v) is 15.2. The van der Waals surface area contributed by atoms with Crippen molar-refractivity contribution in [1.29, 1.82) is 0 Å². The summed E-state index contributed by atoms with van der Waals surface area (Å²) in [6.45, 7) is 9.21. The van der Waals surface area contributed by atoms with Gasteiger partial charge >= 0.3 is 0 Å². The summed E-state index contributed by atoms with van der Waals surface area (Å²) in [5.74, 6) is 0.530. The van der Waals surface area contributed by atoms with E-state index in [0.29, 0.717) is 30.9 Å². The molecule has 40 heavy (non-hydrogen) atoms. The third-order valence-electron chi connectivity index (χ3n) is 7.95. The van der Waals surface area contributed by atoms with Crippen LogP contribution in [0.3, 0.4) is 0 Å². The van der Waals surface area contributed by atoms with E-state index in [1.807, 2.05) is 29.2 Å². The van der Waals surface area contributed by atoms with Gasteiger partial charge in [-0.15, -0.1) is 0 Å². The Balaban J connectivity index is 1.15. The second-order valence-electron chi connectivity index (χ2n) is 10.5. The Morgan fingerprint density at radius 2 is 1.57 bits per heavy atom. The molecule has 3 heterocycles. The number of carbonyl (C=O) groups excluding carboxylic acids is 1. The van der Waals surface area contributed by atoms with Crippen molar-refractivity contribution in [2.24, 2.45) is 0 Å². The van der Waals surface area contributed by atoms with Gasteiger partial charge in [0.15, 0.2) is 0 Å². The van der Waals surface area contributed by atoms with Crippen molar-refractivity contribution in [3.63, 3.8) is 0 Å². The Morgan fingerprint density at radius 1 is 0.900 bits per heavy atom. The number of piperazine rings is 1. The number of fused-ring (bicyclic) bond motifs is 1. The second-order valence-corrected chi connectivity index (χ2v) is 12.3. The summed E-state index contributed by atoms with van der Waals surface area (Å²) in [7, 11) is -2.29. The van der Waals surface area contributed by atoms with E-state index in [4.69, 9.17) is 9.47 Å². The fourth-order valence-corrected chi connectivity index (χ4v) is 7.31. The largest absolute Gasteiger partial charge is 0.497 e. The molecule has 1 aromatic heterocycles. The molecule has 214 valence electrons. The SMILES string of the molecule is COc1ccc(S(=O)(=O)N2c3ccccc3CC2COCC(=O)N2CCN(CCn3c(C)ccc3C)CC2)cc1. The van der Waals surface area contributed by atoms with Gasteiger partial charge in [0, 0.05) is 50.7 Å². The van der Waals surface area contributed by atoms with Gasteiger partial charge in [-0.2, -0.15) is 0 Å². The predicted octanol–water partition coefficient (Wildman–Crippen LogP) is 3.09. The lowest BCUT2D eigenvalue weighted by Gasteiger charge is -2.35. The summed E-state index contributed by atoms with van der Waals surface area (Å²) in [5, 5.41) is 0. The van der Waals surface area contributed by atoms with Crippen molar-refractivity contribution in [3.05, 3.63) is 77.6 Å². The fourth-order valence-electron chi connectivity index (χ4n) is 5.63. The minimum Gasteiger partial charge on any atom is -0.497 e. The maximum atomic E-state index is 13.7. The van der Waals surface area contributed by atoms with Crippen molar-refractivity contribution in [2.45, 2.75) is 37.8 Å². The number of methoxy groups -OCH3 is 1. The standard InChI is InChI=1S/C30H38N4O5S/c1-23-8-9-24(2)33(23)19-16-31-14-17-32(18-15-31)30(35)22-39-21-26-20-25-6-4-5-7-29(25)34(26)40(36,37)28-12-10-27(38-3)11-13-28/h4-13,26H,14-22H2,1-3H3. The number of para-hydroxylation sites is 1. The molecule has 0 N–H and O–H groups in total. The van der Waals surface area contributed by atoms with Crippen LogP contribution in [-0.2, 0) is 32.5 Å². The molecule has 2 aliphatic heterocycles. The van der Waals surface area contributed by atoms with Gasteiger partial charge < -0.3 is 18.9 Å². The Morgan fingerprint density at radius 3 is 2.25 bits per heavy atom. The number of rotatable bonds is 10. The van der Waals surface area contributed by atoms with Gasteiger partial charge in [0.2, 0.25) is 5.91 Å². The summed E-state index contributed by atoms with van der Waals surface area (Å²) < 4.78 is 42.2. The number of carbonyl (C=O) groups is 1. The third kappa shape index (κ3) is 5.89. The molecule has 0 bridgehead atoms. The minimum atomic E-state index is -3.84. The average Bonchev–Trinajstić information content (AvgIpc) is 3.51. The van der Waals surface area contributed by atoms with E-state index in [9.17, 15) is 13.2 Å². The summed E-state index contributed by atoms with van der Waals surface area (Å²) in [4.78, 5) is 17.3. The highest BCUT2D eigenvalue weighted by atomic mass is 32.2. The van der Waals surface area contributed by atoms with Gasteiger partial charge in [-0.3, -0.25) is 14.0 Å². The molecule has 2 aromatic carbocycles. The topological polar surface area (TPSA) is 84.3 Å². The molecule has 1 saturated heterocycles. The van der Waals surface area contributed by atoms with Crippen LogP contribution < -0.4 is 9.04 Å². The number of aryl methyl sites for hydroxylation is 2. The Hall–Kier alpha value is -3.34. The van der Waals surface area contributed by atoms with Crippen molar-refractivity contribution >= 4 is 21.6 Å². The minimum absolute atomic E-state index is 0.0585. The molecule has 2 aliphatic rings. The van der Waals surface area contributed by atoms with Crippen LogP contribution in [0.25, 0.3) is 0 Å². The number of hydrogen-bond acceptors (Lipinski definition) is 6. The number of amides is 1. The van der Waals surface area contributed by atoms with Crippen LogP contribution in [0.2, 0.25) is 0 Å². The smallest absolute Gasteiger partial charge is 0.264 e. The number of benzene rings is 2. The Bertz CT molecular complexity index is 1410. The van der Waals surface area contributed by atoms with Gasteiger partial charge in [0.1, 0.15) is 12.4 Å². The molecule has 1 fully saturated rings. The van der Waals surface area contributed by atoms with E-state index >= 15 is 0 Å². The summed E-state index contributed by atoms with van der Waals surface area (Å²) in [6.07, 6.45) is 0.527. The lowest BCUT2D eigenvalue weighted by atomic mass is 10.1. The zero-order valence-corrected chi connectivity index (χ0v) is 24.3. The number of aromatic nitrogens is 1. The average molecular weight is 567 g/mol. The molecule has 1 atom stereocenters. The van der Waals surface area contributed by atoms with Gasteiger partial charge in [-0.1, -0.05) is 18.2 Å². The summed E-state index contributed by atoms with van der Waals surface area (Å²) >= 11 is 0.